The van der Waals surface area contributed by atoms with Crippen LogP contribution in [-0.2, 0) is 26.0 Å². The van der Waals surface area contributed by atoms with Crippen LogP contribution in [0.3, 0.4) is 0 Å². The molecule has 0 radical (unpaired) electrons. The Morgan fingerprint density at radius 2 is 2.00 bits per heavy atom. The molecular weight excluding hydrogens is 440 g/mol. The predicted molar refractivity (Wildman–Crippen MR) is 106 cm³/mol. The third kappa shape index (κ3) is 4.93. The largest absolute Gasteiger partial charge is 0.469 e. The van der Waals surface area contributed by atoms with Crippen molar-refractivity contribution in [2.75, 3.05) is 13.4 Å². The van der Waals surface area contributed by atoms with Gasteiger partial charge in [0.1, 0.15) is 6.17 Å². The minimum absolute atomic E-state index is 0.0566. The van der Waals surface area contributed by atoms with E-state index in [1.165, 1.54) is 7.11 Å². The van der Waals surface area contributed by atoms with Crippen molar-refractivity contribution in [1.82, 2.24) is 14.7 Å². The molecule has 30 heavy (non-hydrogen) atoms. The molecule has 162 valence electrons. The van der Waals surface area contributed by atoms with E-state index in [2.05, 4.69) is 14.7 Å². The molecule has 0 amide bonds. The standard InChI is InChI=1S/C19H20ClF2N3O4S/c1-29-18(26)19(7-15(22)16(8-19)25-30(2,27)28)6-11-3-4-14(20)13(5-11)17-23-9-12(21)10-24-17/h3-5,9-10,15-16,25H,6-8H2,1-2H3/t15-,16+,19-/m0/s1. The molecule has 11 heteroatoms. The Hall–Kier alpha value is -2.17. The van der Waals surface area contributed by atoms with Crippen molar-refractivity contribution in [2.45, 2.75) is 31.5 Å². The number of ether oxygens (including phenoxy) is 1. The summed E-state index contributed by atoms with van der Waals surface area (Å²) in [7, 11) is -2.45. The van der Waals surface area contributed by atoms with Crippen LogP contribution in [0.2, 0.25) is 5.02 Å². The molecule has 0 aliphatic heterocycles. The maximum absolute atomic E-state index is 14.6. The van der Waals surface area contributed by atoms with Crippen molar-refractivity contribution in [3.05, 3.63) is 47.0 Å². The van der Waals surface area contributed by atoms with Gasteiger partial charge in [-0.1, -0.05) is 17.7 Å². The quantitative estimate of drug-likeness (QED) is 0.667. The monoisotopic (exact) mass is 459 g/mol. The van der Waals surface area contributed by atoms with Gasteiger partial charge in [0.25, 0.3) is 0 Å². The lowest BCUT2D eigenvalue weighted by Crippen LogP contribution is -2.39. The molecule has 1 aromatic carbocycles. The fourth-order valence-corrected chi connectivity index (χ4v) is 4.82. The number of hydrogen-bond acceptors (Lipinski definition) is 6. The Bertz CT molecular complexity index is 1050. The zero-order valence-corrected chi connectivity index (χ0v) is 17.8. The lowest BCUT2D eigenvalue weighted by atomic mass is 9.79. The van der Waals surface area contributed by atoms with E-state index in [0.29, 0.717) is 16.1 Å². The van der Waals surface area contributed by atoms with Crippen molar-refractivity contribution in [3.63, 3.8) is 0 Å². The average molecular weight is 460 g/mol. The summed E-state index contributed by atoms with van der Waals surface area (Å²) in [5.74, 6) is -1.03. The van der Waals surface area contributed by atoms with Crippen LogP contribution in [0.5, 0.6) is 0 Å². The molecule has 3 rings (SSSR count). The van der Waals surface area contributed by atoms with Crippen molar-refractivity contribution in [1.29, 1.82) is 0 Å². The fraction of sp³-hybridized carbons (Fsp3) is 0.421. The molecule has 3 atom stereocenters. The molecule has 1 fully saturated rings. The first-order chi connectivity index (χ1) is 14.0. The van der Waals surface area contributed by atoms with Crippen molar-refractivity contribution in [3.8, 4) is 11.4 Å². The number of rotatable bonds is 6. The highest BCUT2D eigenvalue weighted by molar-refractivity contribution is 7.88. The Kier molecular flexibility index (Phi) is 6.40. The van der Waals surface area contributed by atoms with Gasteiger partial charge < -0.3 is 4.74 Å². The third-order valence-corrected chi connectivity index (χ3v) is 6.11. The summed E-state index contributed by atoms with van der Waals surface area (Å²) in [5.41, 5.74) is -0.208. The maximum atomic E-state index is 14.6. The number of hydrogen-bond donors (Lipinski definition) is 1. The molecule has 1 heterocycles. The topological polar surface area (TPSA) is 98.2 Å². The molecule has 0 bridgehead atoms. The SMILES string of the molecule is COC(=O)[C@@]1(Cc2ccc(Cl)c(-c3ncc(F)cn3)c2)C[C@H](F)[C@H](NS(C)(=O)=O)C1. The molecule has 7 nitrogen and oxygen atoms in total. The van der Waals surface area contributed by atoms with E-state index >= 15 is 0 Å². The highest BCUT2D eigenvalue weighted by atomic mass is 35.5. The van der Waals surface area contributed by atoms with E-state index in [4.69, 9.17) is 16.3 Å². The number of carbonyl (C=O) groups is 1. The molecule has 1 aliphatic carbocycles. The highest BCUT2D eigenvalue weighted by Crippen LogP contribution is 2.44. The van der Waals surface area contributed by atoms with Crippen molar-refractivity contribution in [2.24, 2.45) is 5.41 Å². The number of nitrogens with zero attached hydrogens (tertiary/aromatic N) is 2. The lowest BCUT2D eigenvalue weighted by molar-refractivity contribution is -0.152. The summed E-state index contributed by atoms with van der Waals surface area (Å²) in [6, 6.07) is 3.86. The molecule has 1 aromatic heterocycles. The molecule has 0 saturated heterocycles. The maximum Gasteiger partial charge on any atom is 0.312 e. The Labute approximate surface area is 177 Å². The van der Waals surface area contributed by atoms with Crippen molar-refractivity contribution < 1.29 is 26.7 Å². The lowest BCUT2D eigenvalue weighted by Gasteiger charge is -2.26. The number of nitrogens with one attached hydrogen (secondary N) is 1. The van der Waals surface area contributed by atoms with Gasteiger partial charge in [-0.2, -0.15) is 0 Å². The van der Waals surface area contributed by atoms with Crippen LogP contribution in [0, 0.1) is 11.2 Å². The van der Waals surface area contributed by atoms with Crippen LogP contribution < -0.4 is 4.72 Å². The number of halogens is 3. The zero-order valence-electron chi connectivity index (χ0n) is 16.2. The first kappa shape index (κ1) is 22.5. The van der Waals surface area contributed by atoms with E-state index in [1.807, 2.05) is 0 Å². The number of benzene rings is 1. The van der Waals surface area contributed by atoms with Gasteiger partial charge in [0.05, 0.1) is 42.2 Å². The molecule has 1 saturated carbocycles. The number of methoxy groups -OCH3 is 1. The summed E-state index contributed by atoms with van der Waals surface area (Å²) < 4.78 is 58.1. The number of sulfonamides is 1. The van der Waals surface area contributed by atoms with Crippen LogP contribution in [0.4, 0.5) is 8.78 Å². The summed E-state index contributed by atoms with van der Waals surface area (Å²) in [6.07, 6.45) is 1.24. The first-order valence-corrected chi connectivity index (χ1v) is 11.3. The summed E-state index contributed by atoms with van der Waals surface area (Å²) in [6.45, 7) is 0. The Balaban J connectivity index is 1.94. The smallest absolute Gasteiger partial charge is 0.312 e. The Morgan fingerprint density at radius 3 is 2.60 bits per heavy atom. The molecule has 1 N–H and O–H groups in total. The van der Waals surface area contributed by atoms with E-state index < -0.39 is 39.4 Å². The summed E-state index contributed by atoms with van der Waals surface area (Å²) in [4.78, 5) is 20.4. The number of aromatic nitrogens is 2. The van der Waals surface area contributed by atoms with Gasteiger partial charge in [0.15, 0.2) is 11.6 Å². The second-order valence-electron chi connectivity index (χ2n) is 7.41. The molecular formula is C19H20ClF2N3O4S. The molecule has 0 spiro atoms. The van der Waals surface area contributed by atoms with Crippen LogP contribution in [0.1, 0.15) is 18.4 Å². The van der Waals surface area contributed by atoms with Crippen LogP contribution in [0.25, 0.3) is 11.4 Å². The highest BCUT2D eigenvalue weighted by Gasteiger charge is 2.52. The second kappa shape index (κ2) is 8.52. The Morgan fingerprint density at radius 1 is 1.33 bits per heavy atom. The van der Waals surface area contributed by atoms with Gasteiger partial charge in [0.2, 0.25) is 10.0 Å². The number of alkyl halides is 1. The van der Waals surface area contributed by atoms with E-state index in [1.54, 1.807) is 18.2 Å². The summed E-state index contributed by atoms with van der Waals surface area (Å²) >= 11 is 6.23. The van der Waals surface area contributed by atoms with Crippen LogP contribution in [0.15, 0.2) is 30.6 Å². The van der Waals surface area contributed by atoms with Gasteiger partial charge in [-0.05, 0) is 37.0 Å². The fourth-order valence-electron chi connectivity index (χ4n) is 3.83. The number of esters is 1. The van der Waals surface area contributed by atoms with Crippen molar-refractivity contribution >= 4 is 27.6 Å². The van der Waals surface area contributed by atoms with Gasteiger partial charge >= 0.3 is 5.97 Å². The third-order valence-electron chi connectivity index (χ3n) is 5.05. The minimum atomic E-state index is -3.65. The average Bonchev–Trinajstić information content (AvgIpc) is 2.98. The molecule has 0 unspecified atom stereocenters. The second-order valence-corrected chi connectivity index (χ2v) is 9.60. The van der Waals surface area contributed by atoms with E-state index in [9.17, 15) is 22.0 Å². The molecule has 1 aliphatic rings. The van der Waals surface area contributed by atoms with E-state index in [-0.39, 0.29) is 25.1 Å². The number of carbonyl (C=O) groups excluding carboxylic acids is 1. The first-order valence-electron chi connectivity index (χ1n) is 8.99. The van der Waals surface area contributed by atoms with Gasteiger partial charge in [-0.25, -0.2) is 31.9 Å². The van der Waals surface area contributed by atoms with Crippen LogP contribution >= 0.6 is 11.6 Å². The predicted octanol–water partition coefficient (Wildman–Crippen LogP) is 2.69. The van der Waals surface area contributed by atoms with Gasteiger partial charge in [-0.15, -0.1) is 0 Å². The van der Waals surface area contributed by atoms with E-state index in [0.717, 1.165) is 18.6 Å². The zero-order chi connectivity index (χ0) is 22.1. The molecule has 2 aromatic rings. The summed E-state index contributed by atoms with van der Waals surface area (Å²) in [5, 5.41) is 0.323. The van der Waals surface area contributed by atoms with Crippen LogP contribution in [-0.4, -0.2) is 49.9 Å². The van der Waals surface area contributed by atoms with Gasteiger partial charge in [0, 0.05) is 5.56 Å². The minimum Gasteiger partial charge on any atom is -0.469 e. The normalized spacial score (nSPS) is 24.0. The van der Waals surface area contributed by atoms with Gasteiger partial charge in [-0.3, -0.25) is 4.79 Å².